The summed E-state index contributed by atoms with van der Waals surface area (Å²) in [7, 11) is 0. The van der Waals surface area contributed by atoms with E-state index in [1.54, 1.807) is 24.3 Å². The zero-order valence-corrected chi connectivity index (χ0v) is 14.9. The molecular formula is C17H23ClF2N2OS. The van der Waals surface area contributed by atoms with Gasteiger partial charge in [0.15, 0.2) is 0 Å². The number of hydrogen-bond acceptors (Lipinski definition) is 3. The van der Waals surface area contributed by atoms with Gasteiger partial charge in [0.25, 0.3) is 5.76 Å². The SMILES string of the molecule is Cl.NC1C2CCCC1CC(C(=O)Nc1ccccc1SC(F)F)C2. The topological polar surface area (TPSA) is 55.1 Å². The van der Waals surface area contributed by atoms with Gasteiger partial charge in [0.1, 0.15) is 0 Å². The maximum atomic E-state index is 12.6. The molecule has 0 radical (unpaired) electrons. The highest BCUT2D eigenvalue weighted by Crippen LogP contribution is 2.42. The molecule has 2 fully saturated rings. The lowest BCUT2D eigenvalue weighted by Crippen LogP contribution is -2.48. The second kappa shape index (κ2) is 8.50. The molecule has 134 valence electrons. The number of anilines is 1. The van der Waals surface area contributed by atoms with Crippen LogP contribution >= 0.6 is 24.2 Å². The summed E-state index contributed by atoms with van der Waals surface area (Å²) in [5.74, 6) is -1.78. The van der Waals surface area contributed by atoms with Crippen molar-refractivity contribution in [1.29, 1.82) is 0 Å². The average Bonchev–Trinajstić information content (AvgIpc) is 2.48. The van der Waals surface area contributed by atoms with E-state index < -0.39 is 5.76 Å². The van der Waals surface area contributed by atoms with Crippen molar-refractivity contribution in [2.24, 2.45) is 23.5 Å². The third-order valence-corrected chi connectivity index (χ3v) is 5.93. The molecule has 7 heteroatoms. The fourth-order valence-electron chi connectivity index (χ4n) is 4.01. The standard InChI is InChI=1S/C17H22F2N2OS.ClH/c18-17(19)23-14-7-2-1-6-13(14)21-16(22)12-8-10-4-3-5-11(9-12)15(10)20;/h1-2,6-7,10-12,15,17H,3-5,8-9,20H2,(H,21,22);1H. The number of alkyl halides is 2. The van der Waals surface area contributed by atoms with E-state index in [0.29, 0.717) is 34.2 Å². The van der Waals surface area contributed by atoms with Crippen LogP contribution < -0.4 is 11.1 Å². The Hall–Kier alpha value is -0.850. The van der Waals surface area contributed by atoms with Crippen LogP contribution in [-0.4, -0.2) is 17.7 Å². The number of halogens is 3. The molecule has 2 bridgehead atoms. The van der Waals surface area contributed by atoms with Crippen LogP contribution in [0.4, 0.5) is 14.5 Å². The van der Waals surface area contributed by atoms with Crippen molar-refractivity contribution in [3.05, 3.63) is 24.3 Å². The molecule has 2 atom stereocenters. The minimum atomic E-state index is -2.50. The number of benzene rings is 1. The lowest BCUT2D eigenvalue weighted by molar-refractivity contribution is -0.122. The number of fused-ring (bicyclic) bond motifs is 2. The summed E-state index contributed by atoms with van der Waals surface area (Å²) in [5.41, 5.74) is 6.73. The van der Waals surface area contributed by atoms with Crippen LogP contribution in [0, 0.1) is 17.8 Å². The number of amides is 1. The number of thioether (sulfide) groups is 1. The third kappa shape index (κ3) is 4.41. The Balaban J connectivity index is 0.00000208. The molecule has 2 unspecified atom stereocenters. The lowest BCUT2D eigenvalue weighted by Gasteiger charge is -2.43. The molecule has 24 heavy (non-hydrogen) atoms. The average molecular weight is 377 g/mol. The van der Waals surface area contributed by atoms with E-state index >= 15 is 0 Å². The fourth-order valence-corrected chi connectivity index (χ4v) is 4.60. The first-order valence-corrected chi connectivity index (χ1v) is 9.03. The van der Waals surface area contributed by atoms with E-state index in [1.165, 1.54) is 6.42 Å². The van der Waals surface area contributed by atoms with E-state index in [0.717, 1.165) is 25.7 Å². The molecule has 2 aliphatic carbocycles. The Morgan fingerprint density at radius 2 is 1.83 bits per heavy atom. The van der Waals surface area contributed by atoms with Gasteiger partial charge in [-0.05, 0) is 49.7 Å². The molecule has 0 spiro atoms. The van der Waals surface area contributed by atoms with Gasteiger partial charge in [0.2, 0.25) is 5.91 Å². The van der Waals surface area contributed by atoms with Crippen LogP contribution in [0.3, 0.4) is 0 Å². The highest BCUT2D eigenvalue weighted by atomic mass is 35.5. The molecule has 2 aliphatic rings. The van der Waals surface area contributed by atoms with Crippen molar-refractivity contribution in [3.8, 4) is 0 Å². The van der Waals surface area contributed by atoms with Crippen molar-refractivity contribution in [2.75, 3.05) is 5.32 Å². The molecule has 0 aliphatic heterocycles. The van der Waals surface area contributed by atoms with Gasteiger partial charge < -0.3 is 11.1 Å². The largest absolute Gasteiger partial charge is 0.327 e. The first-order valence-electron chi connectivity index (χ1n) is 8.15. The quantitative estimate of drug-likeness (QED) is 0.760. The molecule has 1 aromatic rings. The second-order valence-electron chi connectivity index (χ2n) is 6.56. The van der Waals surface area contributed by atoms with Crippen molar-refractivity contribution in [2.45, 2.75) is 48.8 Å². The smallest absolute Gasteiger partial charge is 0.288 e. The van der Waals surface area contributed by atoms with Crippen molar-refractivity contribution in [3.63, 3.8) is 0 Å². The molecule has 0 heterocycles. The maximum Gasteiger partial charge on any atom is 0.288 e. The van der Waals surface area contributed by atoms with Gasteiger partial charge in [0.05, 0.1) is 5.69 Å². The Kier molecular flexibility index (Phi) is 6.89. The first-order chi connectivity index (χ1) is 11.0. The van der Waals surface area contributed by atoms with Crippen LogP contribution in [0.15, 0.2) is 29.2 Å². The summed E-state index contributed by atoms with van der Waals surface area (Å²) in [6.07, 6.45) is 5.02. The zero-order chi connectivity index (χ0) is 16.4. The minimum absolute atomic E-state index is 0. The summed E-state index contributed by atoms with van der Waals surface area (Å²) in [4.78, 5) is 13.0. The number of hydrogen-bond donors (Lipinski definition) is 2. The maximum absolute atomic E-state index is 12.6. The number of carbonyl (C=O) groups excluding carboxylic acids is 1. The van der Waals surface area contributed by atoms with E-state index in [1.807, 2.05) is 0 Å². The number of carbonyl (C=O) groups is 1. The van der Waals surface area contributed by atoms with Crippen LogP contribution in [0.1, 0.15) is 32.1 Å². The summed E-state index contributed by atoms with van der Waals surface area (Å²) >= 11 is 0.463. The molecule has 1 amide bonds. The van der Waals surface area contributed by atoms with Gasteiger partial charge in [-0.25, -0.2) is 0 Å². The van der Waals surface area contributed by atoms with Crippen LogP contribution in [0.2, 0.25) is 0 Å². The summed E-state index contributed by atoms with van der Waals surface area (Å²) < 4.78 is 25.3. The molecule has 0 aromatic heterocycles. The molecule has 0 saturated heterocycles. The number of nitrogens with one attached hydrogen (secondary N) is 1. The third-order valence-electron chi connectivity index (χ3n) is 5.14. The zero-order valence-electron chi connectivity index (χ0n) is 13.3. The predicted octanol–water partition coefficient (Wildman–Crippen LogP) is 4.52. The summed E-state index contributed by atoms with van der Waals surface area (Å²) in [6, 6.07) is 6.95. The molecular weight excluding hydrogens is 354 g/mol. The minimum Gasteiger partial charge on any atom is -0.327 e. The molecule has 3 rings (SSSR count). The van der Waals surface area contributed by atoms with Gasteiger partial charge in [-0.1, -0.05) is 30.3 Å². The Morgan fingerprint density at radius 3 is 2.46 bits per heavy atom. The van der Waals surface area contributed by atoms with E-state index in [-0.39, 0.29) is 30.3 Å². The Bertz CT molecular complexity index is 561. The van der Waals surface area contributed by atoms with Gasteiger partial charge in [-0.2, -0.15) is 8.78 Å². The second-order valence-corrected chi connectivity index (χ2v) is 7.59. The Labute approximate surface area is 151 Å². The van der Waals surface area contributed by atoms with E-state index in [9.17, 15) is 13.6 Å². The highest BCUT2D eigenvalue weighted by Gasteiger charge is 2.40. The lowest BCUT2D eigenvalue weighted by atomic mass is 9.65. The monoisotopic (exact) mass is 376 g/mol. The Morgan fingerprint density at radius 1 is 1.21 bits per heavy atom. The van der Waals surface area contributed by atoms with Crippen molar-refractivity contribution >= 4 is 35.8 Å². The van der Waals surface area contributed by atoms with E-state index in [4.69, 9.17) is 5.73 Å². The van der Waals surface area contributed by atoms with Gasteiger partial charge in [-0.3, -0.25) is 4.79 Å². The van der Waals surface area contributed by atoms with Crippen LogP contribution in [-0.2, 0) is 4.79 Å². The fraction of sp³-hybridized carbons (Fsp3) is 0.588. The van der Waals surface area contributed by atoms with Gasteiger partial charge in [0, 0.05) is 16.9 Å². The normalized spacial score (nSPS) is 29.0. The van der Waals surface area contributed by atoms with E-state index in [2.05, 4.69) is 5.32 Å². The molecule has 1 aromatic carbocycles. The van der Waals surface area contributed by atoms with Crippen LogP contribution in [0.25, 0.3) is 0 Å². The number of nitrogens with two attached hydrogens (primary N) is 1. The van der Waals surface area contributed by atoms with Crippen molar-refractivity contribution in [1.82, 2.24) is 0 Å². The molecule has 3 nitrogen and oxygen atoms in total. The number of rotatable bonds is 4. The van der Waals surface area contributed by atoms with Gasteiger partial charge in [-0.15, -0.1) is 12.4 Å². The van der Waals surface area contributed by atoms with Crippen molar-refractivity contribution < 1.29 is 13.6 Å². The highest BCUT2D eigenvalue weighted by molar-refractivity contribution is 7.99. The van der Waals surface area contributed by atoms with Crippen LogP contribution in [0.5, 0.6) is 0 Å². The summed E-state index contributed by atoms with van der Waals surface area (Å²) in [6.45, 7) is 0. The van der Waals surface area contributed by atoms with Gasteiger partial charge >= 0.3 is 0 Å². The number of para-hydroxylation sites is 1. The molecule has 3 N–H and O–H groups in total. The predicted molar refractivity (Wildman–Crippen MR) is 95.7 cm³/mol. The summed E-state index contributed by atoms with van der Waals surface area (Å²) in [5, 5.41) is 2.86. The first kappa shape index (κ1) is 19.5. The molecule has 2 saturated carbocycles.